The van der Waals surface area contributed by atoms with Crippen LogP contribution in [0.15, 0.2) is 28.7 Å². The van der Waals surface area contributed by atoms with Crippen molar-refractivity contribution in [2.24, 2.45) is 0 Å². The van der Waals surface area contributed by atoms with E-state index in [1.54, 1.807) is 12.1 Å². The predicted octanol–water partition coefficient (Wildman–Crippen LogP) is 3.28. The first-order valence-electron chi connectivity index (χ1n) is 5.98. The standard InChI is InChI=1S/C14H17FN2O/c1-9-11(3)18-14(17-9)8-16-10(2)12-6-4-5-7-13(12)15/h4-7,10,16H,8H2,1-3H3/t10-/m1/s1. The minimum absolute atomic E-state index is 0.0845. The SMILES string of the molecule is Cc1nc(CN[C@H](C)c2ccccc2F)oc1C. The fraction of sp³-hybridized carbons (Fsp3) is 0.357. The lowest BCUT2D eigenvalue weighted by Crippen LogP contribution is -2.19. The zero-order valence-electron chi connectivity index (χ0n) is 10.8. The first kappa shape index (κ1) is 12.8. The second-order valence-corrected chi connectivity index (χ2v) is 4.37. The molecule has 3 nitrogen and oxygen atoms in total. The number of nitrogens with zero attached hydrogens (tertiary/aromatic N) is 1. The average Bonchev–Trinajstić information content (AvgIpc) is 2.66. The number of halogens is 1. The summed E-state index contributed by atoms with van der Waals surface area (Å²) in [5.74, 6) is 1.26. The molecule has 0 bridgehead atoms. The fourth-order valence-corrected chi connectivity index (χ4v) is 1.79. The summed E-state index contributed by atoms with van der Waals surface area (Å²) in [6.07, 6.45) is 0. The van der Waals surface area contributed by atoms with Crippen molar-refractivity contribution in [3.63, 3.8) is 0 Å². The largest absolute Gasteiger partial charge is 0.444 e. The van der Waals surface area contributed by atoms with Crippen LogP contribution in [0.5, 0.6) is 0 Å². The molecular formula is C14H17FN2O. The van der Waals surface area contributed by atoms with Gasteiger partial charge in [-0.15, -0.1) is 0 Å². The zero-order valence-corrected chi connectivity index (χ0v) is 10.8. The summed E-state index contributed by atoms with van der Waals surface area (Å²) in [5, 5.41) is 3.20. The summed E-state index contributed by atoms with van der Waals surface area (Å²) in [4.78, 5) is 4.28. The molecule has 2 rings (SSSR count). The van der Waals surface area contributed by atoms with E-state index in [1.165, 1.54) is 6.07 Å². The summed E-state index contributed by atoms with van der Waals surface area (Å²) in [6.45, 7) is 6.19. The molecule has 1 aromatic carbocycles. The molecule has 2 aromatic rings. The molecule has 0 saturated heterocycles. The first-order chi connectivity index (χ1) is 8.58. The van der Waals surface area contributed by atoms with Crippen molar-refractivity contribution in [2.75, 3.05) is 0 Å². The molecule has 0 unspecified atom stereocenters. The first-order valence-corrected chi connectivity index (χ1v) is 5.98. The van der Waals surface area contributed by atoms with Gasteiger partial charge in [-0.1, -0.05) is 18.2 Å². The number of benzene rings is 1. The summed E-state index contributed by atoms with van der Waals surface area (Å²) >= 11 is 0. The Balaban J connectivity index is 2.00. The van der Waals surface area contributed by atoms with E-state index in [9.17, 15) is 4.39 Å². The Morgan fingerprint density at radius 2 is 2.06 bits per heavy atom. The second-order valence-electron chi connectivity index (χ2n) is 4.37. The van der Waals surface area contributed by atoms with Gasteiger partial charge in [0.1, 0.15) is 11.6 Å². The molecule has 18 heavy (non-hydrogen) atoms. The van der Waals surface area contributed by atoms with E-state index >= 15 is 0 Å². The van der Waals surface area contributed by atoms with E-state index < -0.39 is 0 Å². The Bertz CT molecular complexity index is 517. The Morgan fingerprint density at radius 1 is 1.33 bits per heavy atom. The van der Waals surface area contributed by atoms with Gasteiger partial charge in [-0.25, -0.2) is 9.37 Å². The van der Waals surface area contributed by atoms with E-state index in [0.717, 1.165) is 11.5 Å². The van der Waals surface area contributed by atoms with Crippen LogP contribution in [0, 0.1) is 19.7 Å². The molecule has 0 aliphatic carbocycles. The van der Waals surface area contributed by atoms with Gasteiger partial charge in [-0.3, -0.25) is 0 Å². The van der Waals surface area contributed by atoms with E-state index in [-0.39, 0.29) is 11.9 Å². The van der Waals surface area contributed by atoms with E-state index in [2.05, 4.69) is 10.3 Å². The van der Waals surface area contributed by atoms with Gasteiger partial charge < -0.3 is 9.73 Å². The summed E-state index contributed by atoms with van der Waals surface area (Å²) < 4.78 is 19.0. The summed E-state index contributed by atoms with van der Waals surface area (Å²) in [6, 6.07) is 6.67. The van der Waals surface area contributed by atoms with E-state index in [1.807, 2.05) is 26.8 Å². The van der Waals surface area contributed by atoms with Crippen LogP contribution in [0.4, 0.5) is 4.39 Å². The number of rotatable bonds is 4. The molecule has 0 saturated carbocycles. The molecule has 4 heteroatoms. The highest BCUT2D eigenvalue weighted by atomic mass is 19.1. The maximum absolute atomic E-state index is 13.6. The Labute approximate surface area is 106 Å². The van der Waals surface area contributed by atoms with Crippen molar-refractivity contribution in [3.05, 3.63) is 53.0 Å². The fourth-order valence-electron chi connectivity index (χ4n) is 1.79. The van der Waals surface area contributed by atoms with Gasteiger partial charge in [0.25, 0.3) is 0 Å². The quantitative estimate of drug-likeness (QED) is 0.902. The second kappa shape index (κ2) is 5.31. The molecule has 1 N–H and O–H groups in total. The third-order valence-corrected chi connectivity index (χ3v) is 3.00. The topological polar surface area (TPSA) is 38.1 Å². The van der Waals surface area contributed by atoms with Crippen molar-refractivity contribution >= 4 is 0 Å². The van der Waals surface area contributed by atoms with Crippen LogP contribution in [-0.2, 0) is 6.54 Å². The maximum atomic E-state index is 13.6. The molecule has 0 radical (unpaired) electrons. The summed E-state index contributed by atoms with van der Waals surface area (Å²) in [7, 11) is 0. The molecular weight excluding hydrogens is 231 g/mol. The molecule has 0 aliphatic heterocycles. The Hall–Kier alpha value is -1.68. The number of oxazole rings is 1. The highest BCUT2D eigenvalue weighted by molar-refractivity contribution is 5.20. The number of nitrogens with one attached hydrogen (secondary N) is 1. The third kappa shape index (κ3) is 2.76. The van der Waals surface area contributed by atoms with Gasteiger partial charge in [-0.2, -0.15) is 0 Å². The van der Waals surface area contributed by atoms with Crippen LogP contribution in [0.1, 0.15) is 35.9 Å². The van der Waals surface area contributed by atoms with Crippen LogP contribution in [0.2, 0.25) is 0 Å². The lowest BCUT2D eigenvalue weighted by molar-refractivity contribution is 0.427. The predicted molar refractivity (Wildman–Crippen MR) is 67.6 cm³/mol. The zero-order chi connectivity index (χ0) is 13.1. The van der Waals surface area contributed by atoms with Crippen molar-refractivity contribution in [1.82, 2.24) is 10.3 Å². The summed E-state index contributed by atoms with van der Waals surface area (Å²) in [5.41, 5.74) is 1.54. The number of hydrogen-bond donors (Lipinski definition) is 1. The van der Waals surface area contributed by atoms with Crippen molar-refractivity contribution < 1.29 is 8.81 Å². The number of hydrogen-bond acceptors (Lipinski definition) is 3. The molecule has 1 heterocycles. The number of aryl methyl sites for hydroxylation is 2. The van der Waals surface area contributed by atoms with E-state index in [0.29, 0.717) is 18.0 Å². The van der Waals surface area contributed by atoms with Gasteiger partial charge in [0.15, 0.2) is 0 Å². The lowest BCUT2D eigenvalue weighted by atomic mass is 10.1. The molecule has 1 atom stereocenters. The highest BCUT2D eigenvalue weighted by Gasteiger charge is 2.11. The van der Waals surface area contributed by atoms with Gasteiger partial charge >= 0.3 is 0 Å². The van der Waals surface area contributed by atoms with Gasteiger partial charge in [0, 0.05) is 11.6 Å². The Kier molecular flexibility index (Phi) is 3.77. The minimum atomic E-state index is -0.197. The average molecular weight is 248 g/mol. The van der Waals surface area contributed by atoms with Crippen molar-refractivity contribution in [1.29, 1.82) is 0 Å². The van der Waals surface area contributed by atoms with Crippen LogP contribution >= 0.6 is 0 Å². The van der Waals surface area contributed by atoms with Crippen LogP contribution < -0.4 is 5.32 Å². The molecule has 1 aromatic heterocycles. The maximum Gasteiger partial charge on any atom is 0.208 e. The van der Waals surface area contributed by atoms with Crippen molar-refractivity contribution in [3.8, 4) is 0 Å². The monoisotopic (exact) mass is 248 g/mol. The Morgan fingerprint density at radius 3 is 2.67 bits per heavy atom. The van der Waals surface area contributed by atoms with Gasteiger partial charge in [-0.05, 0) is 26.8 Å². The molecule has 0 fully saturated rings. The minimum Gasteiger partial charge on any atom is -0.444 e. The van der Waals surface area contributed by atoms with Crippen molar-refractivity contribution in [2.45, 2.75) is 33.4 Å². The number of aromatic nitrogens is 1. The molecule has 0 amide bonds. The third-order valence-electron chi connectivity index (χ3n) is 3.00. The van der Waals surface area contributed by atoms with Crippen LogP contribution in [-0.4, -0.2) is 4.98 Å². The molecule has 0 spiro atoms. The highest BCUT2D eigenvalue weighted by Crippen LogP contribution is 2.17. The van der Waals surface area contributed by atoms with Gasteiger partial charge in [0.05, 0.1) is 12.2 Å². The van der Waals surface area contributed by atoms with E-state index in [4.69, 9.17) is 4.42 Å². The smallest absolute Gasteiger partial charge is 0.208 e. The molecule has 96 valence electrons. The molecule has 0 aliphatic rings. The van der Waals surface area contributed by atoms with Gasteiger partial charge in [0.2, 0.25) is 5.89 Å². The lowest BCUT2D eigenvalue weighted by Gasteiger charge is -2.13. The van der Waals surface area contributed by atoms with Crippen LogP contribution in [0.3, 0.4) is 0 Å². The van der Waals surface area contributed by atoms with Crippen LogP contribution in [0.25, 0.3) is 0 Å². The normalized spacial score (nSPS) is 12.7.